The van der Waals surface area contributed by atoms with Gasteiger partial charge >= 0.3 is 0 Å². The van der Waals surface area contributed by atoms with E-state index in [1.807, 2.05) is 6.07 Å². The number of fused-ring (bicyclic) bond motifs is 1. The number of imide groups is 1. The van der Waals surface area contributed by atoms with Crippen molar-refractivity contribution in [1.29, 1.82) is 0 Å². The van der Waals surface area contributed by atoms with E-state index in [1.54, 1.807) is 49.6 Å². The van der Waals surface area contributed by atoms with Crippen LogP contribution in [0.1, 0.15) is 33.2 Å². The zero-order valence-corrected chi connectivity index (χ0v) is 12.5. The number of amides is 3. The molecule has 3 amide bonds. The van der Waals surface area contributed by atoms with Gasteiger partial charge in [-0.2, -0.15) is 0 Å². The average Bonchev–Trinajstić information content (AvgIpc) is 2.84. The number of benzene rings is 1. The Morgan fingerprint density at radius 2 is 1.78 bits per heavy atom. The molecule has 1 N–H and O–H groups in total. The first-order valence-corrected chi connectivity index (χ1v) is 7.23. The quantitative estimate of drug-likeness (QED) is 0.865. The van der Waals surface area contributed by atoms with Crippen LogP contribution in [-0.2, 0) is 11.3 Å². The fourth-order valence-corrected chi connectivity index (χ4v) is 2.52. The summed E-state index contributed by atoms with van der Waals surface area (Å²) in [5, 5.41) is 2.72. The van der Waals surface area contributed by atoms with Crippen LogP contribution in [0.15, 0.2) is 48.8 Å². The van der Waals surface area contributed by atoms with Crippen molar-refractivity contribution >= 4 is 17.7 Å². The third-order valence-electron chi connectivity index (χ3n) is 3.78. The molecule has 23 heavy (non-hydrogen) atoms. The summed E-state index contributed by atoms with van der Waals surface area (Å²) < 4.78 is 0. The normalized spacial score (nSPS) is 14.6. The van der Waals surface area contributed by atoms with Crippen LogP contribution < -0.4 is 5.32 Å². The molecule has 2 aromatic rings. The number of nitrogens with zero attached hydrogens (tertiary/aromatic N) is 2. The molecule has 2 heterocycles. The number of aromatic nitrogens is 1. The Hall–Kier alpha value is -3.02. The molecular formula is C17H15N3O3. The minimum Gasteiger partial charge on any atom is -0.350 e. The number of pyridine rings is 1. The molecule has 0 aliphatic carbocycles. The van der Waals surface area contributed by atoms with Gasteiger partial charge < -0.3 is 5.32 Å². The number of nitrogens with one attached hydrogen (secondary N) is 1. The zero-order chi connectivity index (χ0) is 16.4. The van der Waals surface area contributed by atoms with Gasteiger partial charge in [-0.15, -0.1) is 0 Å². The smallest absolute Gasteiger partial charge is 0.262 e. The summed E-state index contributed by atoms with van der Waals surface area (Å²) in [5.74, 6) is -1.26. The summed E-state index contributed by atoms with van der Waals surface area (Å²) >= 11 is 0. The number of carbonyl (C=O) groups excluding carboxylic acids is 3. The highest BCUT2D eigenvalue weighted by atomic mass is 16.2. The molecule has 3 rings (SSSR count). The highest BCUT2D eigenvalue weighted by Gasteiger charge is 2.40. The second kappa shape index (κ2) is 6.00. The van der Waals surface area contributed by atoms with Crippen LogP contribution in [0.25, 0.3) is 0 Å². The van der Waals surface area contributed by atoms with E-state index in [4.69, 9.17) is 0 Å². The van der Waals surface area contributed by atoms with E-state index in [-0.39, 0.29) is 5.91 Å². The molecule has 0 bridgehead atoms. The van der Waals surface area contributed by atoms with Gasteiger partial charge in [0.2, 0.25) is 5.91 Å². The summed E-state index contributed by atoms with van der Waals surface area (Å²) in [5.41, 5.74) is 1.52. The summed E-state index contributed by atoms with van der Waals surface area (Å²) in [6.07, 6.45) is 3.29. The molecule has 1 aliphatic rings. The van der Waals surface area contributed by atoms with Crippen molar-refractivity contribution in [3.63, 3.8) is 0 Å². The van der Waals surface area contributed by atoms with Crippen LogP contribution in [0.2, 0.25) is 0 Å². The lowest BCUT2D eigenvalue weighted by molar-refractivity contribution is -0.124. The van der Waals surface area contributed by atoms with Crippen molar-refractivity contribution in [1.82, 2.24) is 15.2 Å². The molecule has 0 saturated heterocycles. The van der Waals surface area contributed by atoms with Crippen molar-refractivity contribution in [2.24, 2.45) is 0 Å². The Labute approximate surface area is 133 Å². The number of rotatable bonds is 4. The van der Waals surface area contributed by atoms with E-state index in [2.05, 4.69) is 10.3 Å². The minimum atomic E-state index is -0.876. The molecule has 0 unspecified atom stereocenters. The summed E-state index contributed by atoms with van der Waals surface area (Å²) in [6.45, 7) is 1.83. The van der Waals surface area contributed by atoms with Crippen LogP contribution in [0.3, 0.4) is 0 Å². The van der Waals surface area contributed by atoms with Gasteiger partial charge in [0.15, 0.2) is 0 Å². The van der Waals surface area contributed by atoms with Gasteiger partial charge in [0.05, 0.1) is 11.1 Å². The SMILES string of the molecule is C[C@@H](C(=O)NCc1cccnc1)N1C(=O)c2ccccc2C1=O. The fraction of sp³-hybridized carbons (Fsp3) is 0.176. The molecule has 0 fully saturated rings. The van der Waals surface area contributed by atoms with Crippen molar-refractivity contribution in [3.8, 4) is 0 Å². The maximum Gasteiger partial charge on any atom is 0.262 e. The first kappa shape index (κ1) is 14.9. The van der Waals surface area contributed by atoms with Crippen LogP contribution in [0.4, 0.5) is 0 Å². The molecule has 1 aliphatic heterocycles. The van der Waals surface area contributed by atoms with Gasteiger partial charge in [-0.05, 0) is 30.7 Å². The Kier molecular flexibility index (Phi) is 3.89. The Morgan fingerprint density at radius 3 is 2.35 bits per heavy atom. The van der Waals surface area contributed by atoms with E-state index < -0.39 is 17.9 Å². The lowest BCUT2D eigenvalue weighted by atomic mass is 10.1. The molecule has 6 heteroatoms. The molecule has 116 valence electrons. The topological polar surface area (TPSA) is 79.4 Å². The molecule has 1 aromatic heterocycles. The van der Waals surface area contributed by atoms with Gasteiger partial charge in [0.1, 0.15) is 6.04 Å². The van der Waals surface area contributed by atoms with Gasteiger partial charge in [-0.25, -0.2) is 0 Å². The molecular weight excluding hydrogens is 294 g/mol. The lowest BCUT2D eigenvalue weighted by Gasteiger charge is -2.21. The molecule has 6 nitrogen and oxygen atoms in total. The molecule has 0 radical (unpaired) electrons. The fourth-order valence-electron chi connectivity index (χ4n) is 2.52. The first-order chi connectivity index (χ1) is 11.1. The highest BCUT2D eigenvalue weighted by Crippen LogP contribution is 2.24. The largest absolute Gasteiger partial charge is 0.350 e. The highest BCUT2D eigenvalue weighted by molar-refractivity contribution is 6.22. The van der Waals surface area contributed by atoms with E-state index in [9.17, 15) is 14.4 Å². The standard InChI is InChI=1S/C17H15N3O3/c1-11(15(21)19-10-12-5-4-8-18-9-12)20-16(22)13-6-2-3-7-14(13)17(20)23/h2-9,11H,10H2,1H3,(H,19,21)/t11-/m0/s1. The van der Waals surface area contributed by atoms with Crippen molar-refractivity contribution in [2.75, 3.05) is 0 Å². The Morgan fingerprint density at radius 1 is 1.13 bits per heavy atom. The van der Waals surface area contributed by atoms with Gasteiger partial charge in [-0.1, -0.05) is 18.2 Å². The maximum absolute atomic E-state index is 12.3. The van der Waals surface area contributed by atoms with Crippen LogP contribution in [0, 0.1) is 0 Å². The van der Waals surface area contributed by atoms with Crippen LogP contribution >= 0.6 is 0 Å². The molecule has 0 saturated carbocycles. The van der Waals surface area contributed by atoms with Crippen LogP contribution in [0.5, 0.6) is 0 Å². The van der Waals surface area contributed by atoms with E-state index in [0.29, 0.717) is 17.7 Å². The first-order valence-electron chi connectivity index (χ1n) is 7.23. The van der Waals surface area contributed by atoms with Crippen LogP contribution in [-0.4, -0.2) is 33.6 Å². The third-order valence-corrected chi connectivity index (χ3v) is 3.78. The zero-order valence-electron chi connectivity index (χ0n) is 12.5. The minimum absolute atomic E-state index is 0.292. The van der Waals surface area contributed by atoms with Crippen molar-refractivity contribution < 1.29 is 14.4 Å². The number of hydrogen-bond acceptors (Lipinski definition) is 4. The van der Waals surface area contributed by atoms with E-state index >= 15 is 0 Å². The van der Waals surface area contributed by atoms with Gasteiger partial charge in [-0.3, -0.25) is 24.3 Å². The number of carbonyl (C=O) groups is 3. The monoisotopic (exact) mass is 309 g/mol. The maximum atomic E-state index is 12.3. The van der Waals surface area contributed by atoms with Gasteiger partial charge in [0.25, 0.3) is 11.8 Å². The summed E-state index contributed by atoms with van der Waals surface area (Å²) in [7, 11) is 0. The van der Waals surface area contributed by atoms with Crippen molar-refractivity contribution in [2.45, 2.75) is 19.5 Å². The predicted molar refractivity (Wildman–Crippen MR) is 82.5 cm³/mol. The lowest BCUT2D eigenvalue weighted by Crippen LogP contribution is -2.47. The van der Waals surface area contributed by atoms with Gasteiger partial charge in [0, 0.05) is 18.9 Å². The summed E-state index contributed by atoms with van der Waals surface area (Å²) in [6, 6.07) is 9.31. The second-order valence-corrected chi connectivity index (χ2v) is 5.28. The average molecular weight is 309 g/mol. The van der Waals surface area contributed by atoms with E-state index in [1.165, 1.54) is 0 Å². The van der Waals surface area contributed by atoms with E-state index in [0.717, 1.165) is 10.5 Å². The third kappa shape index (κ3) is 2.70. The summed E-state index contributed by atoms with van der Waals surface area (Å²) in [4.78, 5) is 41.9. The molecule has 1 atom stereocenters. The van der Waals surface area contributed by atoms with Crippen molar-refractivity contribution in [3.05, 3.63) is 65.5 Å². The Bertz CT molecular complexity index is 739. The Balaban J connectivity index is 1.71. The number of hydrogen-bond donors (Lipinski definition) is 1. The molecule has 1 aromatic carbocycles. The second-order valence-electron chi connectivity index (χ2n) is 5.28. The molecule has 0 spiro atoms. The predicted octanol–water partition coefficient (Wildman–Crippen LogP) is 1.38.